The number of ether oxygens (including phenoxy) is 1. The molecular formula is C19H25N7O2. The molecule has 0 saturated carbocycles. The zero-order chi connectivity index (χ0) is 19.3. The fourth-order valence-corrected chi connectivity index (χ4v) is 3.67. The lowest BCUT2D eigenvalue weighted by Crippen LogP contribution is -2.48. The minimum Gasteiger partial charge on any atom is -0.495 e. The number of hydrogen-bond acceptors (Lipinski definition) is 8. The van der Waals surface area contributed by atoms with Gasteiger partial charge >= 0.3 is 0 Å². The Morgan fingerprint density at radius 3 is 2.32 bits per heavy atom. The molecule has 0 aliphatic carbocycles. The maximum Gasteiger partial charge on any atom is 0.247 e. The number of amides is 1. The van der Waals surface area contributed by atoms with Crippen LogP contribution in [0, 0.1) is 0 Å². The van der Waals surface area contributed by atoms with Crippen LogP contribution in [-0.4, -0.2) is 86.0 Å². The molecule has 0 N–H and O–H groups in total. The second kappa shape index (κ2) is 8.28. The van der Waals surface area contributed by atoms with Gasteiger partial charge in [-0.05, 0) is 12.1 Å². The number of nitrogens with zero attached hydrogens (tertiary/aromatic N) is 7. The second-order valence-electron chi connectivity index (χ2n) is 6.89. The summed E-state index contributed by atoms with van der Waals surface area (Å²) in [7, 11) is 1.70. The van der Waals surface area contributed by atoms with Crippen LogP contribution in [0.15, 0.2) is 30.5 Å². The molecular weight excluding hydrogens is 358 g/mol. The highest BCUT2D eigenvalue weighted by Crippen LogP contribution is 2.28. The predicted octanol–water partition coefficient (Wildman–Crippen LogP) is 0.485. The van der Waals surface area contributed by atoms with Crippen molar-refractivity contribution < 1.29 is 9.53 Å². The molecule has 0 unspecified atom stereocenters. The van der Waals surface area contributed by atoms with Crippen molar-refractivity contribution in [1.29, 1.82) is 0 Å². The highest BCUT2D eigenvalue weighted by atomic mass is 16.5. The van der Waals surface area contributed by atoms with Crippen molar-refractivity contribution in [2.24, 2.45) is 0 Å². The molecule has 4 rings (SSSR count). The zero-order valence-corrected chi connectivity index (χ0v) is 16.1. The van der Waals surface area contributed by atoms with Gasteiger partial charge in [-0.25, -0.2) is 0 Å². The first-order chi connectivity index (χ1) is 13.8. The monoisotopic (exact) mass is 383 g/mol. The summed E-state index contributed by atoms with van der Waals surface area (Å²) in [6.45, 7) is 6.32. The number of carbonyl (C=O) groups excluding carboxylic acids is 1. The highest BCUT2D eigenvalue weighted by molar-refractivity contribution is 5.59. The molecule has 2 aromatic rings. The normalized spacial score (nSPS) is 17.6. The quantitative estimate of drug-likeness (QED) is 0.690. The predicted molar refractivity (Wildman–Crippen MR) is 107 cm³/mol. The van der Waals surface area contributed by atoms with E-state index in [1.54, 1.807) is 18.2 Å². The number of piperazine rings is 2. The van der Waals surface area contributed by atoms with Crippen LogP contribution in [0.2, 0.25) is 0 Å². The van der Waals surface area contributed by atoms with Crippen LogP contribution in [0.3, 0.4) is 0 Å². The molecule has 2 fully saturated rings. The van der Waals surface area contributed by atoms with Gasteiger partial charge in [-0.2, -0.15) is 10.1 Å². The van der Waals surface area contributed by atoms with Gasteiger partial charge < -0.3 is 24.3 Å². The third-order valence-corrected chi connectivity index (χ3v) is 5.31. The Balaban J connectivity index is 1.40. The number of benzene rings is 1. The van der Waals surface area contributed by atoms with Gasteiger partial charge in [0.1, 0.15) is 5.75 Å². The molecule has 148 valence electrons. The smallest absolute Gasteiger partial charge is 0.247 e. The number of methoxy groups -OCH3 is 1. The third-order valence-electron chi connectivity index (χ3n) is 5.31. The lowest BCUT2D eigenvalue weighted by atomic mass is 10.2. The van der Waals surface area contributed by atoms with Gasteiger partial charge in [0, 0.05) is 52.4 Å². The summed E-state index contributed by atoms with van der Waals surface area (Å²) in [5.74, 6) is 2.38. The minimum atomic E-state index is 0.662. The summed E-state index contributed by atoms with van der Waals surface area (Å²) in [6, 6.07) is 8.10. The van der Waals surface area contributed by atoms with Crippen molar-refractivity contribution in [3.63, 3.8) is 0 Å². The standard InChI is InChI=1S/C19H25N7O2/c1-28-17-5-3-2-4-16(17)24-10-12-26(13-11-24)19-21-18(14-20-22-19)25-8-6-23(15-27)7-9-25/h2-5,14-15H,6-13H2,1H3. The summed E-state index contributed by atoms with van der Waals surface area (Å²) in [6.07, 6.45) is 2.60. The molecule has 2 aliphatic rings. The minimum absolute atomic E-state index is 0.662. The second-order valence-corrected chi connectivity index (χ2v) is 6.89. The van der Waals surface area contributed by atoms with E-state index in [1.165, 1.54) is 0 Å². The van der Waals surface area contributed by atoms with Crippen molar-refractivity contribution in [2.75, 3.05) is 74.2 Å². The number of hydrogen-bond donors (Lipinski definition) is 0. The molecule has 1 amide bonds. The maximum atomic E-state index is 10.9. The van der Waals surface area contributed by atoms with Crippen molar-refractivity contribution in [1.82, 2.24) is 20.1 Å². The number of anilines is 3. The van der Waals surface area contributed by atoms with Crippen LogP contribution in [0.25, 0.3) is 0 Å². The van der Waals surface area contributed by atoms with Gasteiger partial charge in [0.2, 0.25) is 12.4 Å². The lowest BCUT2D eigenvalue weighted by molar-refractivity contribution is -0.118. The van der Waals surface area contributed by atoms with E-state index < -0.39 is 0 Å². The summed E-state index contributed by atoms with van der Waals surface area (Å²) in [4.78, 5) is 24.0. The summed E-state index contributed by atoms with van der Waals surface area (Å²) in [5, 5.41) is 8.42. The van der Waals surface area contributed by atoms with E-state index in [9.17, 15) is 4.79 Å². The van der Waals surface area contributed by atoms with Gasteiger partial charge in [-0.1, -0.05) is 12.1 Å². The number of carbonyl (C=O) groups is 1. The van der Waals surface area contributed by atoms with E-state index in [1.807, 2.05) is 18.2 Å². The Morgan fingerprint density at radius 1 is 0.929 bits per heavy atom. The SMILES string of the molecule is COc1ccccc1N1CCN(c2nncc(N3CCN(C=O)CC3)n2)CC1. The fraction of sp³-hybridized carbons (Fsp3) is 0.474. The van der Waals surface area contributed by atoms with Crippen LogP contribution in [-0.2, 0) is 4.79 Å². The molecule has 2 saturated heterocycles. The summed E-state index contributed by atoms with van der Waals surface area (Å²) >= 11 is 0. The first-order valence-corrected chi connectivity index (χ1v) is 9.55. The molecule has 2 aliphatic heterocycles. The molecule has 0 spiro atoms. The van der Waals surface area contributed by atoms with Crippen molar-refractivity contribution in [3.8, 4) is 5.75 Å². The molecule has 0 atom stereocenters. The van der Waals surface area contributed by atoms with Crippen LogP contribution >= 0.6 is 0 Å². The largest absolute Gasteiger partial charge is 0.495 e. The topological polar surface area (TPSA) is 77.9 Å². The zero-order valence-electron chi connectivity index (χ0n) is 16.1. The van der Waals surface area contributed by atoms with E-state index in [0.717, 1.165) is 62.9 Å². The van der Waals surface area contributed by atoms with Gasteiger partial charge in [0.05, 0.1) is 19.0 Å². The Bertz CT molecular complexity index is 802. The summed E-state index contributed by atoms with van der Waals surface area (Å²) in [5.41, 5.74) is 1.12. The van der Waals surface area contributed by atoms with Crippen molar-refractivity contribution in [2.45, 2.75) is 0 Å². The fourth-order valence-electron chi connectivity index (χ4n) is 3.67. The van der Waals surface area contributed by atoms with E-state index in [4.69, 9.17) is 9.72 Å². The molecule has 28 heavy (non-hydrogen) atoms. The van der Waals surface area contributed by atoms with Gasteiger partial charge in [0.15, 0.2) is 5.82 Å². The highest BCUT2D eigenvalue weighted by Gasteiger charge is 2.23. The molecule has 9 heteroatoms. The Kier molecular flexibility index (Phi) is 5.41. The molecule has 1 aromatic carbocycles. The summed E-state index contributed by atoms with van der Waals surface area (Å²) < 4.78 is 5.49. The first-order valence-electron chi connectivity index (χ1n) is 9.55. The Morgan fingerprint density at radius 2 is 1.61 bits per heavy atom. The van der Waals surface area contributed by atoms with Crippen LogP contribution in [0.4, 0.5) is 17.5 Å². The third kappa shape index (κ3) is 3.78. The van der Waals surface area contributed by atoms with Gasteiger partial charge in [-0.3, -0.25) is 4.79 Å². The van der Waals surface area contributed by atoms with E-state index in [-0.39, 0.29) is 0 Å². The van der Waals surface area contributed by atoms with E-state index in [2.05, 4.69) is 31.0 Å². The van der Waals surface area contributed by atoms with E-state index in [0.29, 0.717) is 19.0 Å². The Hall–Kier alpha value is -3.10. The molecule has 1 aromatic heterocycles. The Labute approximate surface area is 164 Å². The lowest BCUT2D eigenvalue weighted by Gasteiger charge is -2.37. The van der Waals surface area contributed by atoms with Crippen LogP contribution in [0.1, 0.15) is 0 Å². The molecule has 9 nitrogen and oxygen atoms in total. The van der Waals surface area contributed by atoms with Crippen LogP contribution in [0.5, 0.6) is 5.75 Å². The number of para-hydroxylation sites is 2. The molecule has 0 radical (unpaired) electrons. The average Bonchev–Trinajstić information content (AvgIpc) is 2.79. The average molecular weight is 383 g/mol. The first kappa shape index (κ1) is 18.3. The van der Waals surface area contributed by atoms with Crippen molar-refractivity contribution >= 4 is 23.9 Å². The number of rotatable bonds is 5. The van der Waals surface area contributed by atoms with Gasteiger partial charge in [0.25, 0.3) is 0 Å². The molecule has 3 heterocycles. The maximum absolute atomic E-state index is 10.9. The van der Waals surface area contributed by atoms with Crippen molar-refractivity contribution in [3.05, 3.63) is 30.5 Å². The van der Waals surface area contributed by atoms with Gasteiger partial charge in [-0.15, -0.1) is 5.10 Å². The number of aromatic nitrogens is 3. The van der Waals surface area contributed by atoms with E-state index >= 15 is 0 Å². The van der Waals surface area contributed by atoms with Crippen LogP contribution < -0.4 is 19.4 Å². The molecule has 0 bridgehead atoms.